The lowest BCUT2D eigenvalue weighted by molar-refractivity contribution is -0.131. The summed E-state index contributed by atoms with van der Waals surface area (Å²) in [7, 11) is 0. The minimum absolute atomic E-state index is 0.190. The van der Waals surface area contributed by atoms with Crippen LogP contribution in [0.2, 0.25) is 0 Å². The maximum absolute atomic E-state index is 12.6. The van der Waals surface area contributed by atoms with E-state index in [2.05, 4.69) is 44.2 Å². The van der Waals surface area contributed by atoms with E-state index in [9.17, 15) is 4.79 Å². The highest BCUT2D eigenvalue weighted by atomic mass is 16.5. The zero-order valence-corrected chi connectivity index (χ0v) is 18.3. The SMILES string of the molecule is Cc1noc(C)c1CCC(=O)N1CCN(c2ccc(N3CCCCC3C)nn2)CC1. The van der Waals surface area contributed by atoms with Gasteiger partial charge in [0.15, 0.2) is 11.6 Å². The molecule has 2 aliphatic heterocycles. The summed E-state index contributed by atoms with van der Waals surface area (Å²) in [5, 5.41) is 12.9. The third-order valence-corrected chi connectivity index (χ3v) is 6.46. The first-order valence-electron chi connectivity index (χ1n) is 11.1. The highest BCUT2D eigenvalue weighted by Crippen LogP contribution is 2.24. The second kappa shape index (κ2) is 9.02. The van der Waals surface area contributed by atoms with Crippen molar-refractivity contribution in [2.75, 3.05) is 42.5 Å². The Morgan fingerprint density at radius 2 is 1.80 bits per heavy atom. The minimum atomic E-state index is 0.190. The Bertz CT molecular complexity index is 838. The second-order valence-electron chi connectivity index (χ2n) is 8.46. The molecule has 30 heavy (non-hydrogen) atoms. The topological polar surface area (TPSA) is 78.6 Å². The van der Waals surface area contributed by atoms with Crippen LogP contribution in [0.1, 0.15) is 49.6 Å². The second-order valence-corrected chi connectivity index (χ2v) is 8.46. The summed E-state index contributed by atoms with van der Waals surface area (Å²) < 4.78 is 5.19. The third kappa shape index (κ3) is 4.42. The van der Waals surface area contributed by atoms with Crippen molar-refractivity contribution in [3.8, 4) is 0 Å². The van der Waals surface area contributed by atoms with E-state index in [1.165, 1.54) is 19.3 Å². The molecule has 0 aliphatic carbocycles. The molecule has 2 aromatic heterocycles. The molecule has 8 heteroatoms. The van der Waals surface area contributed by atoms with Crippen molar-refractivity contribution in [1.82, 2.24) is 20.3 Å². The Hall–Kier alpha value is -2.64. The van der Waals surface area contributed by atoms with Gasteiger partial charge in [0.2, 0.25) is 5.91 Å². The molecular weight excluding hydrogens is 380 g/mol. The molecule has 4 heterocycles. The summed E-state index contributed by atoms with van der Waals surface area (Å²) in [4.78, 5) is 19.2. The number of aromatic nitrogens is 3. The van der Waals surface area contributed by atoms with E-state index in [1.807, 2.05) is 18.7 Å². The first kappa shape index (κ1) is 20.6. The van der Waals surface area contributed by atoms with Gasteiger partial charge in [-0.2, -0.15) is 0 Å². The molecule has 1 atom stereocenters. The van der Waals surface area contributed by atoms with Crippen molar-refractivity contribution >= 4 is 17.5 Å². The molecule has 4 rings (SSSR count). The van der Waals surface area contributed by atoms with Crippen LogP contribution in [-0.2, 0) is 11.2 Å². The summed E-state index contributed by atoms with van der Waals surface area (Å²) in [6.07, 6.45) is 4.91. The predicted molar refractivity (Wildman–Crippen MR) is 116 cm³/mol. The standard InChI is InChI=1S/C22H32N6O2/c1-16-6-4-5-11-28(16)21-9-8-20(23-24-21)26-12-14-27(15-13-26)22(29)10-7-19-17(2)25-30-18(19)3/h8-9,16H,4-7,10-15H2,1-3H3. The summed E-state index contributed by atoms with van der Waals surface area (Å²) in [5.41, 5.74) is 1.94. The van der Waals surface area contributed by atoms with Gasteiger partial charge in [0.1, 0.15) is 5.76 Å². The number of hydrogen-bond donors (Lipinski definition) is 0. The highest BCUT2D eigenvalue weighted by Gasteiger charge is 2.24. The first-order chi connectivity index (χ1) is 14.5. The largest absolute Gasteiger partial charge is 0.361 e. The number of aryl methyl sites for hydroxylation is 2. The van der Waals surface area contributed by atoms with Crippen molar-refractivity contribution in [3.63, 3.8) is 0 Å². The van der Waals surface area contributed by atoms with Crippen LogP contribution in [0.15, 0.2) is 16.7 Å². The predicted octanol–water partition coefficient (Wildman–Crippen LogP) is 2.74. The van der Waals surface area contributed by atoms with Gasteiger partial charge in [-0.1, -0.05) is 5.16 Å². The summed E-state index contributed by atoms with van der Waals surface area (Å²) in [5.74, 6) is 2.87. The average molecular weight is 413 g/mol. The molecule has 2 aromatic rings. The first-order valence-corrected chi connectivity index (χ1v) is 11.1. The van der Waals surface area contributed by atoms with Crippen molar-refractivity contribution in [2.45, 2.75) is 58.9 Å². The van der Waals surface area contributed by atoms with Crippen LogP contribution in [0, 0.1) is 13.8 Å². The Kier molecular flexibility index (Phi) is 6.20. The summed E-state index contributed by atoms with van der Waals surface area (Å²) >= 11 is 0. The average Bonchev–Trinajstić information content (AvgIpc) is 3.10. The fraction of sp³-hybridized carbons (Fsp3) is 0.636. The highest BCUT2D eigenvalue weighted by molar-refractivity contribution is 5.76. The van der Waals surface area contributed by atoms with Crippen LogP contribution < -0.4 is 9.80 Å². The number of anilines is 2. The Labute approximate surface area is 178 Å². The number of hydrogen-bond acceptors (Lipinski definition) is 7. The molecule has 0 bridgehead atoms. The van der Waals surface area contributed by atoms with Crippen LogP contribution in [0.3, 0.4) is 0 Å². The van der Waals surface area contributed by atoms with E-state index in [-0.39, 0.29) is 5.91 Å². The van der Waals surface area contributed by atoms with Crippen LogP contribution in [0.5, 0.6) is 0 Å². The molecule has 0 saturated carbocycles. The number of carbonyl (C=O) groups is 1. The summed E-state index contributed by atoms with van der Waals surface area (Å²) in [6.45, 7) is 10.1. The van der Waals surface area contributed by atoms with Crippen LogP contribution in [0.25, 0.3) is 0 Å². The van der Waals surface area contributed by atoms with Gasteiger partial charge in [0.05, 0.1) is 5.69 Å². The number of nitrogens with zero attached hydrogens (tertiary/aromatic N) is 6. The monoisotopic (exact) mass is 412 g/mol. The molecule has 8 nitrogen and oxygen atoms in total. The normalized spacial score (nSPS) is 20.0. The maximum atomic E-state index is 12.6. The smallest absolute Gasteiger partial charge is 0.223 e. The number of rotatable bonds is 5. The molecule has 0 radical (unpaired) electrons. The number of amides is 1. The van der Waals surface area contributed by atoms with E-state index in [0.717, 1.165) is 48.3 Å². The lowest BCUT2D eigenvalue weighted by Gasteiger charge is -2.36. The van der Waals surface area contributed by atoms with Gasteiger partial charge in [-0.25, -0.2) is 0 Å². The van der Waals surface area contributed by atoms with Gasteiger partial charge >= 0.3 is 0 Å². The number of piperazine rings is 1. The lowest BCUT2D eigenvalue weighted by Crippen LogP contribution is -2.49. The summed E-state index contributed by atoms with van der Waals surface area (Å²) in [6, 6.07) is 4.68. The van der Waals surface area contributed by atoms with Crippen LogP contribution >= 0.6 is 0 Å². The van der Waals surface area contributed by atoms with Crippen LogP contribution in [-0.4, -0.2) is 64.9 Å². The van der Waals surface area contributed by atoms with Gasteiger partial charge in [-0.15, -0.1) is 10.2 Å². The van der Waals surface area contributed by atoms with E-state index >= 15 is 0 Å². The van der Waals surface area contributed by atoms with Gasteiger partial charge < -0.3 is 19.2 Å². The van der Waals surface area contributed by atoms with E-state index in [4.69, 9.17) is 4.52 Å². The van der Waals surface area contributed by atoms with Crippen molar-refractivity contribution in [1.29, 1.82) is 0 Å². The molecule has 0 N–H and O–H groups in total. The quantitative estimate of drug-likeness (QED) is 0.747. The van der Waals surface area contributed by atoms with Crippen molar-refractivity contribution < 1.29 is 9.32 Å². The molecule has 1 unspecified atom stereocenters. The molecular formula is C22H32N6O2. The van der Waals surface area contributed by atoms with E-state index in [0.29, 0.717) is 32.0 Å². The zero-order valence-electron chi connectivity index (χ0n) is 18.3. The van der Waals surface area contributed by atoms with Crippen LogP contribution in [0.4, 0.5) is 11.6 Å². The lowest BCUT2D eigenvalue weighted by atomic mass is 10.0. The number of carbonyl (C=O) groups excluding carboxylic acids is 1. The third-order valence-electron chi connectivity index (χ3n) is 6.46. The molecule has 2 aliphatic rings. The van der Waals surface area contributed by atoms with E-state index in [1.54, 1.807) is 0 Å². The van der Waals surface area contributed by atoms with Gasteiger partial charge in [0.25, 0.3) is 0 Å². The molecule has 1 amide bonds. The zero-order chi connectivity index (χ0) is 21.1. The fourth-order valence-corrected chi connectivity index (χ4v) is 4.51. The molecule has 2 saturated heterocycles. The Balaban J connectivity index is 1.28. The molecule has 0 spiro atoms. The minimum Gasteiger partial charge on any atom is -0.361 e. The Morgan fingerprint density at radius 1 is 1.07 bits per heavy atom. The maximum Gasteiger partial charge on any atom is 0.223 e. The Morgan fingerprint density at radius 3 is 2.43 bits per heavy atom. The van der Waals surface area contributed by atoms with E-state index < -0.39 is 0 Å². The van der Waals surface area contributed by atoms with Crippen molar-refractivity contribution in [3.05, 3.63) is 29.2 Å². The van der Waals surface area contributed by atoms with Gasteiger partial charge in [0, 0.05) is 50.7 Å². The fourth-order valence-electron chi connectivity index (χ4n) is 4.51. The van der Waals surface area contributed by atoms with Gasteiger partial charge in [-0.05, 0) is 58.6 Å². The molecule has 0 aromatic carbocycles. The van der Waals surface area contributed by atoms with Gasteiger partial charge in [-0.3, -0.25) is 4.79 Å². The molecule has 162 valence electrons. The number of piperidine rings is 1. The van der Waals surface area contributed by atoms with Crippen molar-refractivity contribution in [2.24, 2.45) is 0 Å². The molecule has 2 fully saturated rings.